The number of aromatic nitrogens is 1. The molecule has 16 heavy (non-hydrogen) atoms. The van der Waals surface area contributed by atoms with E-state index in [0.29, 0.717) is 12.4 Å². The zero-order valence-corrected chi connectivity index (χ0v) is 8.59. The van der Waals surface area contributed by atoms with Gasteiger partial charge in [0.1, 0.15) is 5.82 Å². The van der Waals surface area contributed by atoms with Gasteiger partial charge in [0.05, 0.1) is 18.4 Å². The smallest absolute Gasteiger partial charge is 0.233 e. The molecule has 2 fully saturated rings. The molecule has 2 aliphatic rings. The second-order valence-electron chi connectivity index (χ2n) is 4.30. The number of nitrogen functional groups attached to an aromatic ring is 1. The van der Waals surface area contributed by atoms with Gasteiger partial charge in [-0.3, -0.25) is 14.5 Å². The Morgan fingerprint density at radius 2 is 2.00 bits per heavy atom. The molecule has 2 unspecified atom stereocenters. The van der Waals surface area contributed by atoms with Crippen LogP contribution in [0.15, 0.2) is 18.3 Å². The van der Waals surface area contributed by atoms with E-state index in [1.54, 1.807) is 18.3 Å². The minimum atomic E-state index is -0.0353. The van der Waals surface area contributed by atoms with Crippen LogP contribution in [-0.4, -0.2) is 21.7 Å². The van der Waals surface area contributed by atoms with Gasteiger partial charge in [-0.25, -0.2) is 4.98 Å². The number of piperidine rings is 1. The number of likely N-dealkylation sites (tertiary alicyclic amines) is 1. The van der Waals surface area contributed by atoms with Crippen LogP contribution in [-0.2, 0) is 16.1 Å². The van der Waals surface area contributed by atoms with E-state index < -0.39 is 0 Å². The van der Waals surface area contributed by atoms with Crippen molar-refractivity contribution in [2.24, 2.45) is 11.8 Å². The van der Waals surface area contributed by atoms with Crippen molar-refractivity contribution < 1.29 is 9.59 Å². The monoisotopic (exact) mass is 217 g/mol. The third-order valence-electron chi connectivity index (χ3n) is 3.15. The van der Waals surface area contributed by atoms with E-state index >= 15 is 0 Å². The second-order valence-corrected chi connectivity index (χ2v) is 4.30. The summed E-state index contributed by atoms with van der Waals surface area (Å²) in [7, 11) is 0. The Morgan fingerprint density at radius 3 is 2.56 bits per heavy atom. The summed E-state index contributed by atoms with van der Waals surface area (Å²) in [6.07, 6.45) is 2.34. The van der Waals surface area contributed by atoms with Crippen LogP contribution in [0.25, 0.3) is 0 Å². The van der Waals surface area contributed by atoms with Crippen molar-refractivity contribution in [2.75, 3.05) is 5.73 Å². The topological polar surface area (TPSA) is 76.3 Å². The highest BCUT2D eigenvalue weighted by molar-refractivity contribution is 6.08. The number of fused-ring (bicyclic) bond motifs is 1. The van der Waals surface area contributed by atoms with E-state index in [-0.39, 0.29) is 23.7 Å². The molecule has 0 spiro atoms. The average molecular weight is 217 g/mol. The molecule has 1 aromatic heterocycles. The fourth-order valence-corrected chi connectivity index (χ4v) is 2.12. The lowest BCUT2D eigenvalue weighted by molar-refractivity contribution is -0.142. The van der Waals surface area contributed by atoms with Gasteiger partial charge in [0.2, 0.25) is 11.8 Å². The third kappa shape index (κ3) is 1.28. The zero-order valence-electron chi connectivity index (χ0n) is 8.59. The largest absolute Gasteiger partial charge is 0.384 e. The summed E-state index contributed by atoms with van der Waals surface area (Å²) in [5, 5.41) is 0. The van der Waals surface area contributed by atoms with Crippen molar-refractivity contribution in [3.05, 3.63) is 23.9 Å². The number of nitrogens with two attached hydrogens (primary N) is 1. The predicted molar refractivity (Wildman–Crippen MR) is 55.8 cm³/mol. The average Bonchev–Trinajstić information content (AvgIpc) is 3.02. The SMILES string of the molecule is Nc1ccc(CN2C(=O)C3CC3C2=O)cn1. The molecule has 5 heteroatoms. The minimum absolute atomic E-state index is 0.0331. The first kappa shape index (κ1) is 9.33. The van der Waals surface area contributed by atoms with Crippen LogP contribution in [0.1, 0.15) is 12.0 Å². The molecule has 0 radical (unpaired) electrons. The maximum Gasteiger partial charge on any atom is 0.233 e. The number of hydrogen-bond acceptors (Lipinski definition) is 4. The van der Waals surface area contributed by atoms with Crippen LogP contribution in [0.4, 0.5) is 5.82 Å². The summed E-state index contributed by atoms with van der Waals surface area (Å²) in [6, 6.07) is 3.45. The highest BCUT2D eigenvalue weighted by atomic mass is 16.2. The highest BCUT2D eigenvalue weighted by Crippen LogP contribution is 2.47. The molecule has 5 nitrogen and oxygen atoms in total. The van der Waals surface area contributed by atoms with Crippen molar-refractivity contribution in [2.45, 2.75) is 13.0 Å². The lowest BCUT2D eigenvalue weighted by atomic mass is 10.2. The number of anilines is 1. The van der Waals surface area contributed by atoms with Gasteiger partial charge in [0.25, 0.3) is 0 Å². The Labute approximate surface area is 92.3 Å². The Morgan fingerprint density at radius 1 is 1.31 bits per heavy atom. The molecule has 1 aromatic rings. The number of rotatable bonds is 2. The Bertz CT molecular complexity index is 449. The van der Waals surface area contributed by atoms with E-state index in [4.69, 9.17) is 5.73 Å². The summed E-state index contributed by atoms with van der Waals surface area (Å²) in [4.78, 5) is 28.6. The number of pyridine rings is 1. The van der Waals surface area contributed by atoms with E-state index in [0.717, 1.165) is 12.0 Å². The van der Waals surface area contributed by atoms with Crippen molar-refractivity contribution >= 4 is 17.6 Å². The molecule has 2 heterocycles. The highest BCUT2D eigenvalue weighted by Gasteiger charge is 2.58. The minimum Gasteiger partial charge on any atom is -0.384 e. The lowest BCUT2D eigenvalue weighted by Gasteiger charge is -2.15. The number of hydrogen-bond donors (Lipinski definition) is 1. The molecule has 0 bridgehead atoms. The van der Waals surface area contributed by atoms with Crippen molar-refractivity contribution in [1.82, 2.24) is 9.88 Å². The van der Waals surface area contributed by atoms with Crippen LogP contribution in [0.5, 0.6) is 0 Å². The maximum absolute atomic E-state index is 11.7. The molecular weight excluding hydrogens is 206 g/mol. The van der Waals surface area contributed by atoms with Crippen LogP contribution in [0.3, 0.4) is 0 Å². The predicted octanol–water partition coefficient (Wildman–Crippen LogP) is 0.169. The van der Waals surface area contributed by atoms with Gasteiger partial charge in [-0.2, -0.15) is 0 Å². The molecule has 1 aliphatic carbocycles. The number of nitrogens with zero attached hydrogens (tertiary/aromatic N) is 2. The van der Waals surface area contributed by atoms with Gasteiger partial charge in [-0.15, -0.1) is 0 Å². The first-order valence-electron chi connectivity index (χ1n) is 5.22. The van der Waals surface area contributed by atoms with Gasteiger partial charge in [0, 0.05) is 6.20 Å². The van der Waals surface area contributed by atoms with E-state index in [9.17, 15) is 9.59 Å². The molecule has 3 rings (SSSR count). The van der Waals surface area contributed by atoms with E-state index in [1.165, 1.54) is 4.90 Å². The number of amides is 2. The summed E-state index contributed by atoms with van der Waals surface area (Å²) < 4.78 is 0. The Balaban J connectivity index is 1.78. The first-order valence-corrected chi connectivity index (χ1v) is 5.22. The molecule has 1 saturated heterocycles. The Hall–Kier alpha value is -1.91. The molecule has 1 aliphatic heterocycles. The number of carbonyl (C=O) groups is 2. The standard InChI is InChI=1S/C11H11N3O2/c12-9-2-1-6(4-13-9)5-14-10(15)7-3-8(7)11(14)16/h1-2,4,7-8H,3,5H2,(H2,12,13). The third-order valence-corrected chi connectivity index (χ3v) is 3.15. The van der Waals surface area contributed by atoms with Crippen LogP contribution in [0.2, 0.25) is 0 Å². The first-order chi connectivity index (χ1) is 7.66. The van der Waals surface area contributed by atoms with Crippen LogP contribution in [0, 0.1) is 11.8 Å². The van der Waals surface area contributed by atoms with Gasteiger partial charge < -0.3 is 5.73 Å². The van der Waals surface area contributed by atoms with Crippen LogP contribution < -0.4 is 5.73 Å². The Kier molecular flexibility index (Phi) is 1.77. The number of imide groups is 1. The molecule has 2 atom stereocenters. The maximum atomic E-state index is 11.7. The fraction of sp³-hybridized carbons (Fsp3) is 0.364. The van der Waals surface area contributed by atoms with E-state index in [1.807, 2.05) is 0 Å². The molecule has 2 N–H and O–H groups in total. The molecular formula is C11H11N3O2. The molecule has 82 valence electrons. The summed E-state index contributed by atoms with van der Waals surface area (Å²) in [5.41, 5.74) is 6.29. The van der Waals surface area contributed by atoms with Gasteiger partial charge >= 0.3 is 0 Å². The van der Waals surface area contributed by atoms with Gasteiger partial charge in [0.15, 0.2) is 0 Å². The quantitative estimate of drug-likeness (QED) is 0.716. The number of carbonyl (C=O) groups excluding carboxylic acids is 2. The van der Waals surface area contributed by atoms with Crippen molar-refractivity contribution in [3.8, 4) is 0 Å². The van der Waals surface area contributed by atoms with Gasteiger partial charge in [-0.1, -0.05) is 6.07 Å². The second kappa shape index (κ2) is 3.04. The van der Waals surface area contributed by atoms with Crippen molar-refractivity contribution in [3.63, 3.8) is 0 Å². The zero-order chi connectivity index (χ0) is 11.3. The van der Waals surface area contributed by atoms with Gasteiger partial charge in [-0.05, 0) is 18.1 Å². The summed E-state index contributed by atoms with van der Waals surface area (Å²) in [6.45, 7) is 0.317. The lowest BCUT2D eigenvalue weighted by Crippen LogP contribution is -2.32. The summed E-state index contributed by atoms with van der Waals surface area (Å²) in [5.74, 6) is 0.299. The van der Waals surface area contributed by atoms with Crippen molar-refractivity contribution in [1.29, 1.82) is 0 Å². The fourth-order valence-electron chi connectivity index (χ4n) is 2.12. The molecule has 1 saturated carbocycles. The molecule has 0 aromatic carbocycles. The molecule has 2 amide bonds. The summed E-state index contributed by atoms with van der Waals surface area (Å²) >= 11 is 0. The van der Waals surface area contributed by atoms with Crippen LogP contribution >= 0.6 is 0 Å². The normalized spacial score (nSPS) is 27.1. The van der Waals surface area contributed by atoms with E-state index in [2.05, 4.69) is 4.98 Å².